The van der Waals surface area contributed by atoms with E-state index >= 15 is 0 Å². The van der Waals surface area contributed by atoms with Gasteiger partial charge in [0.05, 0.1) is 11.5 Å². The van der Waals surface area contributed by atoms with E-state index in [1.54, 1.807) is 18.4 Å². The Morgan fingerprint density at radius 2 is 2.00 bits per heavy atom. The van der Waals surface area contributed by atoms with Crippen LogP contribution in [0.25, 0.3) is 10.9 Å². The van der Waals surface area contributed by atoms with Crippen molar-refractivity contribution in [3.63, 3.8) is 0 Å². The predicted molar refractivity (Wildman–Crippen MR) is 107 cm³/mol. The van der Waals surface area contributed by atoms with Gasteiger partial charge in [-0.25, -0.2) is 4.39 Å². The zero-order valence-corrected chi connectivity index (χ0v) is 16.9. The van der Waals surface area contributed by atoms with Crippen LogP contribution in [-0.2, 0) is 30.4 Å². The number of carbonyl (C=O) groups is 1. The van der Waals surface area contributed by atoms with Gasteiger partial charge >= 0.3 is 12.1 Å². The van der Waals surface area contributed by atoms with Crippen LogP contribution in [0.4, 0.5) is 17.6 Å². The highest BCUT2D eigenvalue weighted by Gasteiger charge is 2.35. The normalized spacial score (nSPS) is 16.6. The average molecular weight is 437 g/mol. The smallest absolute Gasteiger partial charge is 0.416 e. The third-order valence-electron chi connectivity index (χ3n) is 5.72. The monoisotopic (exact) mass is 437 g/mol. The van der Waals surface area contributed by atoms with E-state index in [0.29, 0.717) is 34.2 Å². The minimum absolute atomic E-state index is 0.00350. The Morgan fingerprint density at radius 1 is 1.23 bits per heavy atom. The van der Waals surface area contributed by atoms with E-state index in [1.807, 2.05) is 4.57 Å². The summed E-state index contributed by atoms with van der Waals surface area (Å²) in [6.45, 7) is 0.227. The Bertz CT molecular complexity index is 1140. The summed E-state index contributed by atoms with van der Waals surface area (Å²) < 4.78 is 57.0. The van der Waals surface area contributed by atoms with Gasteiger partial charge in [-0.05, 0) is 60.6 Å². The van der Waals surface area contributed by atoms with Crippen molar-refractivity contribution in [1.82, 2.24) is 4.57 Å². The molecule has 30 heavy (non-hydrogen) atoms. The fourth-order valence-electron chi connectivity index (χ4n) is 4.26. The zero-order chi connectivity index (χ0) is 21.6. The van der Waals surface area contributed by atoms with E-state index in [-0.39, 0.29) is 18.5 Å². The Morgan fingerprint density at radius 3 is 2.67 bits per heavy atom. The number of carboxylic acids is 1. The van der Waals surface area contributed by atoms with E-state index < -0.39 is 29.4 Å². The predicted octanol–water partition coefficient (Wildman–Crippen LogP) is 5.76. The highest BCUT2D eigenvalue weighted by Crippen LogP contribution is 2.39. The van der Waals surface area contributed by atoms with E-state index in [0.717, 1.165) is 11.8 Å². The minimum atomic E-state index is -4.50. The first kappa shape index (κ1) is 20.8. The molecule has 0 radical (unpaired) electrons. The first-order valence-corrected chi connectivity index (χ1v) is 10.7. The molecule has 0 saturated heterocycles. The molecule has 1 N–H and O–H groups in total. The number of fused-ring (bicyclic) bond motifs is 3. The molecule has 4 rings (SSSR count). The summed E-state index contributed by atoms with van der Waals surface area (Å²) in [6, 6.07) is 8.47. The van der Waals surface area contributed by atoms with Gasteiger partial charge in [-0.3, -0.25) is 4.79 Å². The average Bonchev–Trinajstić information content (AvgIpc) is 2.99. The largest absolute Gasteiger partial charge is 0.481 e. The minimum Gasteiger partial charge on any atom is -0.481 e. The van der Waals surface area contributed by atoms with Crippen LogP contribution in [-0.4, -0.2) is 21.9 Å². The van der Waals surface area contributed by atoms with Gasteiger partial charge in [-0.1, -0.05) is 6.07 Å². The van der Waals surface area contributed by atoms with E-state index in [1.165, 1.54) is 30.0 Å². The molecule has 2 aromatic carbocycles. The number of hydrogen-bond donors (Lipinski definition) is 1. The molecular formula is C22H19F4NO2S. The molecular weight excluding hydrogens is 418 g/mol. The number of carboxylic acid groups (broad SMARTS) is 1. The molecule has 2 heterocycles. The molecule has 1 aliphatic heterocycles. The fourth-order valence-corrected chi connectivity index (χ4v) is 4.70. The summed E-state index contributed by atoms with van der Waals surface area (Å²) in [7, 11) is 0. The van der Waals surface area contributed by atoms with E-state index in [9.17, 15) is 27.5 Å². The molecule has 3 nitrogen and oxygen atoms in total. The van der Waals surface area contributed by atoms with Crippen LogP contribution in [0.5, 0.6) is 0 Å². The van der Waals surface area contributed by atoms with Crippen molar-refractivity contribution in [3.8, 4) is 0 Å². The number of thioether (sulfide) groups is 1. The third-order valence-corrected chi connectivity index (χ3v) is 6.45. The van der Waals surface area contributed by atoms with Crippen molar-refractivity contribution in [1.29, 1.82) is 0 Å². The quantitative estimate of drug-likeness (QED) is 0.417. The highest BCUT2D eigenvalue weighted by molar-refractivity contribution is 7.98. The van der Waals surface area contributed by atoms with Crippen LogP contribution >= 0.6 is 11.8 Å². The van der Waals surface area contributed by atoms with Gasteiger partial charge in [-0.2, -0.15) is 13.2 Å². The first-order valence-electron chi connectivity index (χ1n) is 9.45. The Balaban J connectivity index is 1.87. The van der Waals surface area contributed by atoms with Crippen molar-refractivity contribution >= 4 is 28.6 Å². The fraction of sp³-hybridized carbons (Fsp3) is 0.318. The van der Waals surface area contributed by atoms with Crippen molar-refractivity contribution in [2.45, 2.75) is 36.9 Å². The van der Waals surface area contributed by atoms with E-state index in [4.69, 9.17) is 0 Å². The molecule has 158 valence electrons. The molecule has 1 aliphatic rings. The second-order valence-corrected chi connectivity index (χ2v) is 8.35. The van der Waals surface area contributed by atoms with Crippen molar-refractivity contribution in [2.75, 3.05) is 6.26 Å². The number of rotatable bonds is 4. The number of aliphatic carboxylic acids is 1. The lowest BCUT2D eigenvalue weighted by atomic mass is 9.93. The number of hydrogen-bond acceptors (Lipinski definition) is 2. The maximum atomic E-state index is 14.0. The number of nitrogens with zero attached hydrogens (tertiary/aromatic N) is 1. The van der Waals surface area contributed by atoms with Gasteiger partial charge in [0.25, 0.3) is 0 Å². The lowest BCUT2D eigenvalue weighted by molar-refractivity contribution is -0.142. The van der Waals surface area contributed by atoms with Crippen LogP contribution in [0.1, 0.15) is 28.8 Å². The molecule has 0 fully saturated rings. The lowest BCUT2D eigenvalue weighted by Crippen LogP contribution is -2.26. The third kappa shape index (κ3) is 3.69. The Kier molecular flexibility index (Phi) is 5.30. The summed E-state index contributed by atoms with van der Waals surface area (Å²) in [5.74, 6) is -1.95. The molecule has 8 heteroatoms. The second-order valence-electron chi connectivity index (χ2n) is 7.47. The Hall–Kier alpha value is -2.48. The maximum absolute atomic E-state index is 14.0. The number of alkyl halides is 3. The number of benzene rings is 2. The molecule has 0 spiro atoms. The molecule has 0 aliphatic carbocycles. The van der Waals surface area contributed by atoms with Crippen LogP contribution in [0.15, 0.2) is 41.3 Å². The maximum Gasteiger partial charge on any atom is 0.416 e. The van der Waals surface area contributed by atoms with Gasteiger partial charge in [0, 0.05) is 34.5 Å². The first-order chi connectivity index (χ1) is 14.2. The summed E-state index contributed by atoms with van der Waals surface area (Å²) in [6.07, 6.45) is -1.96. The van der Waals surface area contributed by atoms with Gasteiger partial charge < -0.3 is 9.67 Å². The summed E-state index contributed by atoms with van der Waals surface area (Å²) >= 11 is 1.24. The zero-order valence-electron chi connectivity index (χ0n) is 16.1. The second kappa shape index (κ2) is 7.65. The molecule has 0 bridgehead atoms. The lowest BCUT2D eigenvalue weighted by Gasteiger charge is -2.23. The van der Waals surface area contributed by atoms with Crippen molar-refractivity contribution in [3.05, 3.63) is 64.6 Å². The molecule has 0 amide bonds. The van der Waals surface area contributed by atoms with E-state index in [2.05, 4.69) is 0 Å². The standard InChI is InChI=1S/C22H19F4NO2S/c1-30-15-5-2-12(18(10-15)22(24,25)26)8-16-17-9-14(23)4-7-20(17)27-11-13(21(28)29)3-6-19(16)27/h2,4-5,7,9-10,13H,3,6,8,11H2,1H3,(H,28,29). The van der Waals surface area contributed by atoms with Gasteiger partial charge in [0.2, 0.25) is 0 Å². The summed E-state index contributed by atoms with van der Waals surface area (Å²) in [5.41, 5.74) is 1.51. The molecule has 0 saturated carbocycles. The summed E-state index contributed by atoms with van der Waals surface area (Å²) in [4.78, 5) is 12.0. The SMILES string of the molecule is CSc1ccc(Cc2c3n(c4ccc(F)cc24)CC(C(=O)O)CC3)c(C(F)(F)F)c1. The number of halogens is 4. The topological polar surface area (TPSA) is 42.2 Å². The molecule has 1 atom stereocenters. The summed E-state index contributed by atoms with van der Waals surface area (Å²) in [5, 5.41) is 9.94. The number of aromatic nitrogens is 1. The molecule has 1 aromatic heterocycles. The molecule has 1 unspecified atom stereocenters. The van der Waals surface area contributed by atoms with Crippen molar-refractivity contribution in [2.24, 2.45) is 5.92 Å². The molecule has 3 aromatic rings. The Labute approximate surface area is 174 Å². The van der Waals surface area contributed by atoms with Crippen LogP contribution < -0.4 is 0 Å². The van der Waals surface area contributed by atoms with Gasteiger partial charge in [0.1, 0.15) is 5.82 Å². The van der Waals surface area contributed by atoms with Crippen LogP contribution in [0, 0.1) is 11.7 Å². The highest BCUT2D eigenvalue weighted by atomic mass is 32.2. The van der Waals surface area contributed by atoms with Crippen LogP contribution in [0.2, 0.25) is 0 Å². The van der Waals surface area contributed by atoms with Gasteiger partial charge in [0.15, 0.2) is 0 Å². The van der Waals surface area contributed by atoms with Gasteiger partial charge in [-0.15, -0.1) is 11.8 Å². The van der Waals surface area contributed by atoms with Crippen molar-refractivity contribution < 1.29 is 27.5 Å². The van der Waals surface area contributed by atoms with Crippen LogP contribution in [0.3, 0.4) is 0 Å².